The quantitative estimate of drug-likeness (QED) is 0.279. The van der Waals surface area contributed by atoms with Gasteiger partial charge in [0.25, 0.3) is 0 Å². The maximum Gasteiger partial charge on any atom is 0.328 e. The molecule has 1 rings (SSSR count). The van der Waals surface area contributed by atoms with Gasteiger partial charge in [0.15, 0.2) is 0 Å². The molecule has 0 saturated carbocycles. The van der Waals surface area contributed by atoms with Crippen LogP contribution in [0, 0.1) is 30.5 Å². The highest BCUT2D eigenvalue weighted by Crippen LogP contribution is 2.10. The number of carbonyl (C=O) groups is 3. The fraction of sp³-hybridized carbons (Fsp3) is 0.458. The van der Waals surface area contributed by atoms with Crippen molar-refractivity contribution >= 4 is 17.7 Å². The number of halogens is 1. The minimum atomic E-state index is -0.798. The molecule has 1 aromatic carbocycles. The van der Waals surface area contributed by atoms with Gasteiger partial charge in [-0.1, -0.05) is 30.0 Å². The topological polar surface area (TPSA) is 75.7 Å². The summed E-state index contributed by atoms with van der Waals surface area (Å²) in [6.07, 6.45) is 12.2. The third kappa shape index (κ3) is 10.4. The van der Waals surface area contributed by atoms with Crippen LogP contribution in [0.2, 0.25) is 0 Å². The van der Waals surface area contributed by atoms with E-state index in [4.69, 9.17) is 17.6 Å². The van der Waals surface area contributed by atoms with Gasteiger partial charge in [0, 0.05) is 25.8 Å². The Hall–Kier alpha value is -3.16. The highest BCUT2D eigenvalue weighted by Gasteiger charge is 2.21. The normalized spacial score (nSPS) is 11.3. The van der Waals surface area contributed by atoms with E-state index in [2.05, 4.69) is 17.2 Å². The molecule has 0 spiro atoms. The highest BCUT2D eigenvalue weighted by molar-refractivity contribution is 5.88. The maximum absolute atomic E-state index is 13.6. The zero-order valence-corrected chi connectivity index (χ0v) is 17.9. The Kier molecular flexibility index (Phi) is 12.3. The van der Waals surface area contributed by atoms with E-state index < -0.39 is 23.7 Å². The lowest BCUT2D eigenvalue weighted by Gasteiger charge is -2.19. The molecular weight excluding hydrogens is 399 g/mol. The number of carbonyl (C=O) groups excluding carboxylic acids is 3. The van der Waals surface area contributed by atoms with Crippen molar-refractivity contribution in [2.75, 3.05) is 26.7 Å². The molecule has 0 bridgehead atoms. The van der Waals surface area contributed by atoms with Gasteiger partial charge < -0.3 is 10.1 Å². The third-order valence-corrected chi connectivity index (χ3v) is 4.64. The van der Waals surface area contributed by atoms with Crippen molar-refractivity contribution in [3.63, 3.8) is 0 Å². The van der Waals surface area contributed by atoms with Crippen molar-refractivity contribution in [2.24, 2.45) is 0 Å². The average Bonchev–Trinajstić information content (AvgIpc) is 2.75. The summed E-state index contributed by atoms with van der Waals surface area (Å²) in [5.74, 6) is 3.42. The number of terminal acetylenes is 2. The Morgan fingerprint density at radius 3 is 2.42 bits per heavy atom. The van der Waals surface area contributed by atoms with Crippen LogP contribution >= 0.6 is 0 Å². The van der Waals surface area contributed by atoms with Gasteiger partial charge in [-0.05, 0) is 30.9 Å². The van der Waals surface area contributed by atoms with Crippen molar-refractivity contribution in [1.29, 1.82) is 0 Å². The maximum atomic E-state index is 13.6. The average molecular weight is 429 g/mol. The van der Waals surface area contributed by atoms with Crippen LogP contribution in [0.4, 0.5) is 4.39 Å². The van der Waals surface area contributed by atoms with Gasteiger partial charge in [-0.15, -0.1) is 12.8 Å². The van der Waals surface area contributed by atoms with Crippen LogP contribution in [-0.4, -0.2) is 55.3 Å². The summed E-state index contributed by atoms with van der Waals surface area (Å²) in [6.45, 7) is 1.57. The van der Waals surface area contributed by atoms with Crippen molar-refractivity contribution in [2.45, 2.75) is 44.6 Å². The first kappa shape index (κ1) is 25.9. The smallest absolute Gasteiger partial charge is 0.328 e. The van der Waals surface area contributed by atoms with Crippen molar-refractivity contribution in [3.8, 4) is 24.7 Å². The van der Waals surface area contributed by atoms with Crippen LogP contribution in [0.5, 0.6) is 0 Å². The Morgan fingerprint density at radius 2 is 1.81 bits per heavy atom. The monoisotopic (exact) mass is 428 g/mol. The van der Waals surface area contributed by atoms with Gasteiger partial charge in [0.1, 0.15) is 17.6 Å². The van der Waals surface area contributed by atoms with Crippen LogP contribution in [0.1, 0.15) is 37.7 Å². The lowest BCUT2D eigenvalue weighted by Crippen LogP contribution is -2.41. The predicted molar refractivity (Wildman–Crippen MR) is 116 cm³/mol. The number of nitrogens with zero attached hydrogens (tertiary/aromatic N) is 1. The number of nitrogens with one attached hydrogen (secondary N) is 1. The SMILES string of the molecule is C#CCN(CC#C)CCCC[C@H](NC(=O)CCC(=O)Cc1ccccc1F)C(=O)OC. The van der Waals surface area contributed by atoms with Gasteiger partial charge in [0.05, 0.1) is 20.2 Å². The van der Waals surface area contributed by atoms with Gasteiger partial charge in [-0.3, -0.25) is 14.5 Å². The first-order valence-corrected chi connectivity index (χ1v) is 10.1. The summed E-state index contributed by atoms with van der Waals surface area (Å²) in [5.41, 5.74) is 0.295. The lowest BCUT2D eigenvalue weighted by atomic mass is 10.0. The molecule has 7 heteroatoms. The Bertz CT molecular complexity index is 810. The van der Waals surface area contributed by atoms with E-state index in [1.165, 1.54) is 19.2 Å². The van der Waals surface area contributed by atoms with Crippen molar-refractivity contribution in [3.05, 3.63) is 35.6 Å². The number of methoxy groups -OCH3 is 1. The van der Waals surface area contributed by atoms with E-state index >= 15 is 0 Å². The number of hydrogen-bond acceptors (Lipinski definition) is 5. The fourth-order valence-electron chi connectivity index (χ4n) is 3.01. The number of amides is 1. The zero-order chi connectivity index (χ0) is 23.1. The summed E-state index contributed by atoms with van der Waals surface area (Å²) in [7, 11) is 1.25. The number of ketones is 1. The molecular formula is C24H29FN2O4. The first-order valence-electron chi connectivity index (χ1n) is 10.1. The molecule has 0 unspecified atom stereocenters. The number of Topliss-reactive ketones (excluding diaryl/α,β-unsaturated/α-hetero) is 1. The lowest BCUT2D eigenvalue weighted by molar-refractivity contribution is -0.145. The number of benzene rings is 1. The van der Waals surface area contributed by atoms with Crippen molar-refractivity contribution in [1.82, 2.24) is 10.2 Å². The Labute approximate surface area is 183 Å². The standard InChI is InChI=1S/C24H29FN2O4/c1-4-15-27(16-5-2)17-9-8-12-22(24(30)31-3)26-23(29)14-13-20(28)18-19-10-6-7-11-21(19)25/h1-2,6-7,10-11,22H,8-9,12-18H2,3H3,(H,26,29)/t22-/m0/s1. The van der Waals surface area contributed by atoms with Gasteiger partial charge in [-0.25, -0.2) is 9.18 Å². The second-order valence-electron chi connectivity index (χ2n) is 7.06. The molecule has 6 nitrogen and oxygen atoms in total. The van der Waals surface area contributed by atoms with E-state index in [0.717, 1.165) is 6.42 Å². The summed E-state index contributed by atoms with van der Waals surface area (Å²) in [4.78, 5) is 38.2. The zero-order valence-electron chi connectivity index (χ0n) is 17.9. The molecule has 0 aliphatic rings. The van der Waals surface area contributed by atoms with Crippen LogP contribution in [0.15, 0.2) is 24.3 Å². The Balaban J connectivity index is 2.44. The molecule has 166 valence electrons. The first-order chi connectivity index (χ1) is 14.9. The molecule has 0 aliphatic carbocycles. The fourth-order valence-corrected chi connectivity index (χ4v) is 3.01. The molecule has 1 aromatic rings. The van der Waals surface area contributed by atoms with Crippen molar-refractivity contribution < 1.29 is 23.5 Å². The van der Waals surface area contributed by atoms with Crippen LogP contribution in [0.25, 0.3) is 0 Å². The molecule has 0 heterocycles. The minimum Gasteiger partial charge on any atom is -0.467 e. The van der Waals surface area contributed by atoms with E-state index in [0.29, 0.717) is 38.0 Å². The predicted octanol–water partition coefficient (Wildman–Crippen LogP) is 2.11. The molecule has 0 aromatic heterocycles. The summed E-state index contributed by atoms with van der Waals surface area (Å²) in [6, 6.07) is 5.22. The van der Waals surface area contributed by atoms with E-state index in [9.17, 15) is 18.8 Å². The van der Waals surface area contributed by atoms with E-state index in [1.807, 2.05) is 4.90 Å². The van der Waals surface area contributed by atoms with Crippen LogP contribution in [-0.2, 0) is 25.5 Å². The van der Waals surface area contributed by atoms with Gasteiger partial charge in [-0.2, -0.15) is 0 Å². The summed E-state index contributed by atoms with van der Waals surface area (Å²) in [5, 5.41) is 2.62. The van der Waals surface area contributed by atoms with Gasteiger partial charge in [0.2, 0.25) is 5.91 Å². The largest absolute Gasteiger partial charge is 0.467 e. The summed E-state index contributed by atoms with van der Waals surface area (Å²) < 4.78 is 18.4. The highest BCUT2D eigenvalue weighted by atomic mass is 19.1. The molecule has 1 N–H and O–H groups in total. The van der Waals surface area contributed by atoms with Gasteiger partial charge >= 0.3 is 5.97 Å². The van der Waals surface area contributed by atoms with Crippen LogP contribution in [0.3, 0.4) is 0 Å². The Morgan fingerprint density at radius 1 is 1.13 bits per heavy atom. The van der Waals surface area contributed by atoms with E-state index in [-0.39, 0.29) is 25.0 Å². The summed E-state index contributed by atoms with van der Waals surface area (Å²) >= 11 is 0. The number of ether oxygens (including phenoxy) is 1. The van der Waals surface area contributed by atoms with E-state index in [1.54, 1.807) is 12.1 Å². The number of hydrogen-bond donors (Lipinski definition) is 1. The second kappa shape index (κ2) is 14.8. The molecule has 1 atom stereocenters. The molecule has 0 fully saturated rings. The number of rotatable bonds is 14. The minimum absolute atomic E-state index is 0.0405. The molecule has 0 radical (unpaired) electrons. The third-order valence-electron chi connectivity index (χ3n) is 4.64. The molecule has 31 heavy (non-hydrogen) atoms. The molecule has 0 aliphatic heterocycles. The number of esters is 1. The number of unbranched alkanes of at least 4 members (excludes halogenated alkanes) is 1. The second-order valence-corrected chi connectivity index (χ2v) is 7.06. The molecule has 1 amide bonds. The van der Waals surface area contributed by atoms with Crippen LogP contribution < -0.4 is 5.32 Å². The molecule has 0 saturated heterocycles.